The molecule has 0 atom stereocenters. The van der Waals surface area contributed by atoms with Crippen LogP contribution in [0, 0.1) is 0 Å². The van der Waals surface area contributed by atoms with Crippen molar-refractivity contribution in [3.63, 3.8) is 0 Å². The molecule has 0 bridgehead atoms. The second-order valence-corrected chi connectivity index (χ2v) is 5.35. The molecule has 120 valence electrons. The summed E-state index contributed by atoms with van der Waals surface area (Å²) >= 11 is 0. The van der Waals surface area contributed by atoms with Crippen molar-refractivity contribution in [2.45, 2.75) is 20.0 Å². The molecule has 0 N–H and O–H groups in total. The van der Waals surface area contributed by atoms with Gasteiger partial charge in [-0.25, -0.2) is 4.79 Å². The predicted molar refractivity (Wildman–Crippen MR) is 92.8 cm³/mol. The molecular weight excluding hydrogens is 286 g/mol. The summed E-state index contributed by atoms with van der Waals surface area (Å²) < 4.78 is 5.22. The number of carbonyl (C=O) groups is 1. The Hall–Kier alpha value is -2.39. The van der Waals surface area contributed by atoms with Crippen molar-refractivity contribution in [3.8, 4) is 0 Å². The van der Waals surface area contributed by atoms with Gasteiger partial charge in [-0.2, -0.15) is 0 Å². The standard InChI is InChI=1S/C20H23NO2/c1-2-9-20(22)23-15-14-21(16-18-10-5-3-6-11-18)17-19-12-7-4-8-13-19/h2-13H,14-17H2,1H3/b9-2+. The molecule has 0 radical (unpaired) electrons. The molecule has 3 nitrogen and oxygen atoms in total. The first kappa shape index (κ1) is 17.0. The van der Waals surface area contributed by atoms with Crippen molar-refractivity contribution >= 4 is 5.97 Å². The molecule has 2 aromatic rings. The fraction of sp³-hybridized carbons (Fsp3) is 0.250. The molecule has 0 heterocycles. The zero-order chi connectivity index (χ0) is 16.3. The molecule has 23 heavy (non-hydrogen) atoms. The fourth-order valence-electron chi connectivity index (χ4n) is 2.36. The van der Waals surface area contributed by atoms with E-state index < -0.39 is 0 Å². The lowest BCUT2D eigenvalue weighted by Crippen LogP contribution is -2.27. The highest BCUT2D eigenvalue weighted by atomic mass is 16.5. The number of allylic oxidation sites excluding steroid dienone is 1. The van der Waals surface area contributed by atoms with Crippen LogP contribution in [0.3, 0.4) is 0 Å². The number of benzene rings is 2. The molecule has 0 amide bonds. The number of nitrogens with zero attached hydrogens (tertiary/aromatic N) is 1. The molecule has 0 fully saturated rings. The highest BCUT2D eigenvalue weighted by molar-refractivity contribution is 5.81. The monoisotopic (exact) mass is 309 g/mol. The van der Waals surface area contributed by atoms with Crippen LogP contribution in [0.2, 0.25) is 0 Å². The van der Waals surface area contributed by atoms with Crippen molar-refractivity contribution in [1.29, 1.82) is 0 Å². The Morgan fingerprint density at radius 2 is 1.48 bits per heavy atom. The van der Waals surface area contributed by atoms with Gasteiger partial charge < -0.3 is 4.74 Å². The lowest BCUT2D eigenvalue weighted by atomic mass is 10.1. The quantitative estimate of drug-likeness (QED) is 0.548. The molecule has 0 spiro atoms. The van der Waals surface area contributed by atoms with Gasteiger partial charge >= 0.3 is 5.97 Å². The third-order valence-electron chi connectivity index (χ3n) is 3.45. The van der Waals surface area contributed by atoms with Gasteiger partial charge in [0.1, 0.15) is 6.61 Å². The van der Waals surface area contributed by atoms with E-state index >= 15 is 0 Å². The van der Waals surface area contributed by atoms with Gasteiger partial charge in [-0.05, 0) is 18.1 Å². The van der Waals surface area contributed by atoms with Gasteiger partial charge in [0.05, 0.1) is 0 Å². The van der Waals surface area contributed by atoms with Crippen LogP contribution in [0.1, 0.15) is 18.1 Å². The summed E-state index contributed by atoms with van der Waals surface area (Å²) in [5, 5.41) is 0. The Kier molecular flexibility index (Phi) is 7.08. The second kappa shape index (κ2) is 9.59. The van der Waals surface area contributed by atoms with Crippen LogP contribution in [0.5, 0.6) is 0 Å². The van der Waals surface area contributed by atoms with Crippen LogP contribution < -0.4 is 0 Å². The molecule has 2 aromatic carbocycles. The maximum atomic E-state index is 11.4. The van der Waals surface area contributed by atoms with E-state index in [2.05, 4.69) is 29.2 Å². The van der Waals surface area contributed by atoms with Crippen molar-refractivity contribution in [1.82, 2.24) is 4.90 Å². The third-order valence-corrected chi connectivity index (χ3v) is 3.45. The zero-order valence-corrected chi connectivity index (χ0v) is 13.5. The van der Waals surface area contributed by atoms with Crippen LogP contribution in [0.25, 0.3) is 0 Å². The number of esters is 1. The molecule has 0 aliphatic carbocycles. The minimum atomic E-state index is -0.285. The maximum Gasteiger partial charge on any atom is 0.330 e. The molecule has 0 unspecified atom stereocenters. The van der Waals surface area contributed by atoms with Gasteiger partial charge in [-0.1, -0.05) is 66.7 Å². The predicted octanol–water partition coefficient (Wildman–Crippen LogP) is 3.81. The number of hydrogen-bond acceptors (Lipinski definition) is 3. The first-order valence-electron chi connectivity index (χ1n) is 7.87. The van der Waals surface area contributed by atoms with Crippen LogP contribution in [0.15, 0.2) is 72.8 Å². The van der Waals surface area contributed by atoms with Gasteiger partial charge in [0.15, 0.2) is 0 Å². The lowest BCUT2D eigenvalue weighted by molar-refractivity contribution is -0.138. The summed E-state index contributed by atoms with van der Waals surface area (Å²) in [6, 6.07) is 20.7. The van der Waals surface area contributed by atoms with Gasteiger partial charge in [0.2, 0.25) is 0 Å². The normalized spacial score (nSPS) is 11.0. The lowest BCUT2D eigenvalue weighted by Gasteiger charge is -2.22. The van der Waals surface area contributed by atoms with Gasteiger partial charge in [-0.3, -0.25) is 4.90 Å². The van der Waals surface area contributed by atoms with E-state index in [1.807, 2.05) is 36.4 Å². The Balaban J connectivity index is 1.95. The largest absolute Gasteiger partial charge is 0.461 e. The summed E-state index contributed by atoms with van der Waals surface area (Å²) in [6.07, 6.45) is 3.13. The minimum absolute atomic E-state index is 0.285. The molecule has 3 heteroatoms. The molecular formula is C20H23NO2. The molecule has 0 aliphatic heterocycles. The smallest absolute Gasteiger partial charge is 0.330 e. The maximum absolute atomic E-state index is 11.4. The van der Waals surface area contributed by atoms with Gasteiger partial charge in [0.25, 0.3) is 0 Å². The van der Waals surface area contributed by atoms with E-state index in [0.717, 1.165) is 13.1 Å². The number of carbonyl (C=O) groups excluding carboxylic acids is 1. The number of rotatable bonds is 8. The first-order valence-corrected chi connectivity index (χ1v) is 7.87. The molecule has 0 saturated heterocycles. The van der Waals surface area contributed by atoms with Crippen LogP contribution >= 0.6 is 0 Å². The van der Waals surface area contributed by atoms with E-state index in [4.69, 9.17) is 4.74 Å². The van der Waals surface area contributed by atoms with E-state index in [0.29, 0.717) is 13.2 Å². The summed E-state index contributed by atoms with van der Waals surface area (Å²) in [5.74, 6) is -0.285. The summed E-state index contributed by atoms with van der Waals surface area (Å²) in [6.45, 7) is 4.56. The summed E-state index contributed by atoms with van der Waals surface area (Å²) in [5.41, 5.74) is 2.51. The van der Waals surface area contributed by atoms with E-state index in [1.165, 1.54) is 17.2 Å². The Morgan fingerprint density at radius 1 is 0.957 bits per heavy atom. The SMILES string of the molecule is C/C=C/C(=O)OCCN(Cc1ccccc1)Cc1ccccc1. The summed E-state index contributed by atoms with van der Waals surface area (Å²) in [4.78, 5) is 13.7. The second-order valence-electron chi connectivity index (χ2n) is 5.35. The van der Waals surface area contributed by atoms with Crippen molar-refractivity contribution in [2.75, 3.05) is 13.2 Å². The van der Waals surface area contributed by atoms with Crippen molar-refractivity contribution in [3.05, 3.63) is 83.9 Å². The highest BCUT2D eigenvalue weighted by Crippen LogP contribution is 2.09. The average Bonchev–Trinajstić information content (AvgIpc) is 2.57. The van der Waals surface area contributed by atoms with Crippen LogP contribution in [0.4, 0.5) is 0 Å². The van der Waals surface area contributed by atoms with E-state index in [9.17, 15) is 4.79 Å². The van der Waals surface area contributed by atoms with Gasteiger partial charge in [0, 0.05) is 25.7 Å². The molecule has 2 rings (SSSR count). The van der Waals surface area contributed by atoms with Crippen molar-refractivity contribution < 1.29 is 9.53 Å². The number of ether oxygens (including phenoxy) is 1. The van der Waals surface area contributed by atoms with Crippen LogP contribution in [-0.2, 0) is 22.6 Å². The van der Waals surface area contributed by atoms with E-state index in [1.54, 1.807) is 13.0 Å². The highest BCUT2D eigenvalue weighted by Gasteiger charge is 2.08. The minimum Gasteiger partial charge on any atom is -0.461 e. The first-order chi connectivity index (χ1) is 11.3. The Morgan fingerprint density at radius 3 is 1.96 bits per heavy atom. The van der Waals surface area contributed by atoms with Crippen molar-refractivity contribution in [2.24, 2.45) is 0 Å². The molecule has 0 aromatic heterocycles. The zero-order valence-electron chi connectivity index (χ0n) is 13.5. The Bertz CT molecular complexity index is 567. The van der Waals surface area contributed by atoms with Crippen LogP contribution in [-0.4, -0.2) is 24.0 Å². The third kappa shape index (κ3) is 6.49. The Labute approximate surface area is 138 Å². The molecule has 0 saturated carbocycles. The average molecular weight is 309 g/mol. The molecule has 0 aliphatic rings. The number of hydrogen-bond donors (Lipinski definition) is 0. The van der Waals surface area contributed by atoms with Gasteiger partial charge in [-0.15, -0.1) is 0 Å². The van der Waals surface area contributed by atoms with E-state index in [-0.39, 0.29) is 5.97 Å². The summed E-state index contributed by atoms with van der Waals surface area (Å²) in [7, 11) is 0. The fourth-order valence-corrected chi connectivity index (χ4v) is 2.36. The topological polar surface area (TPSA) is 29.5 Å².